The van der Waals surface area contributed by atoms with Gasteiger partial charge in [-0.3, -0.25) is 9.78 Å². The quantitative estimate of drug-likeness (QED) is 0.220. The maximum atomic E-state index is 13.4. The molecule has 0 spiro atoms. The molecular weight excluding hydrogens is 534 g/mol. The Morgan fingerprint density at radius 3 is 2.73 bits per heavy atom. The molecule has 0 aromatic carbocycles. The summed E-state index contributed by atoms with van der Waals surface area (Å²) < 4.78 is 58.4. The van der Waals surface area contributed by atoms with E-state index in [2.05, 4.69) is 26.7 Å². The number of unbranched alkanes of at least 4 members (excludes halogenated alkanes) is 1. The second kappa shape index (κ2) is 14.9. The van der Waals surface area contributed by atoms with Gasteiger partial charge in [0, 0.05) is 38.6 Å². The molecule has 220 valence electrons. The van der Waals surface area contributed by atoms with Gasteiger partial charge in [0.2, 0.25) is 0 Å². The van der Waals surface area contributed by atoms with Crippen molar-refractivity contribution in [1.82, 2.24) is 20.2 Å². The number of nitrogens with one attached hydrogen (secondary N) is 2. The molecule has 3 rings (SSSR count). The monoisotopic (exact) mass is 569 g/mol. The van der Waals surface area contributed by atoms with Gasteiger partial charge >= 0.3 is 12.1 Å². The lowest BCUT2D eigenvalue weighted by molar-refractivity contribution is -0.139. The van der Waals surface area contributed by atoms with Crippen LogP contribution >= 0.6 is 0 Å². The van der Waals surface area contributed by atoms with Gasteiger partial charge in [0.05, 0.1) is 11.7 Å². The fourth-order valence-corrected chi connectivity index (χ4v) is 4.53. The minimum absolute atomic E-state index is 0.115. The number of carbonyl (C=O) groups excluding carboxylic acids is 1. The number of pyridine rings is 2. The van der Waals surface area contributed by atoms with Crippen molar-refractivity contribution in [3.05, 3.63) is 53.0 Å². The molecule has 1 amide bonds. The zero-order valence-corrected chi connectivity index (χ0v) is 22.3. The standard InChI is InChI=1S/C27H35F4N5O4/c1-40-20(16-28)17-36(14-3-2-7-19-10-9-18-6-4-13-33-24(18)34-19)15-11-22(26(38)39)35-25(37)23-21(27(29,30)31)8-5-12-32-23/h5,8-10,12,20,22H,2-4,6-7,11,13-17H2,1H3,(H,33,34)(H,35,37)(H,38,39). The van der Waals surface area contributed by atoms with E-state index in [0.717, 1.165) is 56.0 Å². The lowest BCUT2D eigenvalue weighted by Crippen LogP contribution is -2.45. The van der Waals surface area contributed by atoms with Crippen LogP contribution in [0.3, 0.4) is 0 Å². The number of carbonyl (C=O) groups is 2. The van der Waals surface area contributed by atoms with Crippen molar-refractivity contribution in [3.63, 3.8) is 0 Å². The first-order chi connectivity index (χ1) is 19.1. The number of amides is 1. The molecule has 2 aromatic heterocycles. The lowest BCUT2D eigenvalue weighted by atomic mass is 10.1. The molecule has 9 nitrogen and oxygen atoms in total. The number of ether oxygens (including phenoxy) is 1. The third-order valence-electron chi connectivity index (χ3n) is 6.74. The molecule has 0 radical (unpaired) electrons. The van der Waals surface area contributed by atoms with Crippen LogP contribution in [0.25, 0.3) is 0 Å². The van der Waals surface area contributed by atoms with Crippen molar-refractivity contribution in [2.75, 3.05) is 45.3 Å². The van der Waals surface area contributed by atoms with Gasteiger partial charge in [0.25, 0.3) is 5.91 Å². The minimum atomic E-state index is -4.83. The molecule has 0 fully saturated rings. The Balaban J connectivity index is 1.58. The molecule has 0 aliphatic carbocycles. The van der Waals surface area contributed by atoms with Gasteiger partial charge in [-0.25, -0.2) is 14.2 Å². The number of aliphatic carboxylic acids is 1. The Morgan fingerprint density at radius 1 is 1.23 bits per heavy atom. The second-order valence-corrected chi connectivity index (χ2v) is 9.66. The van der Waals surface area contributed by atoms with Crippen molar-refractivity contribution in [1.29, 1.82) is 0 Å². The Labute approximate surface area is 230 Å². The highest BCUT2D eigenvalue weighted by Crippen LogP contribution is 2.31. The number of halogens is 4. The first-order valence-corrected chi connectivity index (χ1v) is 13.2. The summed E-state index contributed by atoms with van der Waals surface area (Å²) in [5.41, 5.74) is 0.00435. The van der Waals surface area contributed by atoms with E-state index in [-0.39, 0.29) is 19.5 Å². The maximum Gasteiger partial charge on any atom is 0.418 e. The molecule has 1 aliphatic rings. The van der Waals surface area contributed by atoms with Crippen LogP contribution in [0.1, 0.15) is 53.0 Å². The van der Waals surface area contributed by atoms with E-state index >= 15 is 0 Å². The number of carboxylic acid groups (broad SMARTS) is 1. The molecule has 2 atom stereocenters. The van der Waals surface area contributed by atoms with Gasteiger partial charge in [-0.2, -0.15) is 13.2 Å². The number of methoxy groups -OCH3 is 1. The van der Waals surface area contributed by atoms with Crippen LogP contribution in [-0.2, 0) is 28.5 Å². The third kappa shape index (κ3) is 9.12. The summed E-state index contributed by atoms with van der Waals surface area (Å²) in [6, 6.07) is 4.37. The average Bonchev–Trinajstić information content (AvgIpc) is 2.94. The molecule has 3 N–H and O–H groups in total. The van der Waals surface area contributed by atoms with E-state index in [1.807, 2.05) is 11.0 Å². The number of aryl methyl sites for hydroxylation is 2. The average molecular weight is 570 g/mol. The van der Waals surface area contributed by atoms with Crippen molar-refractivity contribution >= 4 is 17.7 Å². The van der Waals surface area contributed by atoms with Crippen LogP contribution in [0.5, 0.6) is 0 Å². The fourth-order valence-electron chi connectivity index (χ4n) is 4.53. The predicted molar refractivity (Wildman–Crippen MR) is 140 cm³/mol. The number of aromatic nitrogens is 2. The number of hydrogen-bond acceptors (Lipinski definition) is 7. The maximum absolute atomic E-state index is 13.4. The molecule has 40 heavy (non-hydrogen) atoms. The summed E-state index contributed by atoms with van der Waals surface area (Å²) in [6.07, 6.45) is -0.332. The molecule has 2 unspecified atom stereocenters. The molecule has 2 aromatic rings. The van der Waals surface area contributed by atoms with Crippen LogP contribution in [0.2, 0.25) is 0 Å². The second-order valence-electron chi connectivity index (χ2n) is 9.66. The highest BCUT2D eigenvalue weighted by Gasteiger charge is 2.36. The first-order valence-electron chi connectivity index (χ1n) is 13.2. The topological polar surface area (TPSA) is 117 Å². The predicted octanol–water partition coefficient (Wildman–Crippen LogP) is 3.74. The zero-order chi connectivity index (χ0) is 29.1. The summed E-state index contributed by atoms with van der Waals surface area (Å²) in [4.78, 5) is 34.4. The summed E-state index contributed by atoms with van der Waals surface area (Å²) in [7, 11) is 1.38. The van der Waals surface area contributed by atoms with E-state index in [1.165, 1.54) is 12.7 Å². The van der Waals surface area contributed by atoms with Gasteiger partial charge in [-0.05, 0) is 68.8 Å². The number of alkyl halides is 4. The molecule has 1 aliphatic heterocycles. The zero-order valence-electron chi connectivity index (χ0n) is 22.3. The Morgan fingerprint density at radius 2 is 2.02 bits per heavy atom. The number of fused-ring (bicyclic) bond motifs is 1. The van der Waals surface area contributed by atoms with E-state index in [1.54, 1.807) is 0 Å². The van der Waals surface area contributed by atoms with Crippen LogP contribution in [0.4, 0.5) is 23.4 Å². The highest BCUT2D eigenvalue weighted by molar-refractivity contribution is 5.96. The fraction of sp³-hybridized carbons (Fsp3) is 0.556. The van der Waals surface area contributed by atoms with Crippen LogP contribution in [0, 0.1) is 0 Å². The number of anilines is 1. The molecular formula is C27H35F4N5O4. The Kier molecular flexibility index (Phi) is 11.6. The van der Waals surface area contributed by atoms with E-state index in [9.17, 15) is 32.3 Å². The summed E-state index contributed by atoms with van der Waals surface area (Å²) in [6.45, 7) is 0.996. The van der Waals surface area contributed by atoms with Crippen molar-refractivity contribution in [2.45, 2.75) is 56.8 Å². The first kappa shape index (κ1) is 31.2. The normalized spacial score (nSPS) is 14.8. The van der Waals surface area contributed by atoms with E-state index in [4.69, 9.17) is 4.74 Å². The Bertz CT molecular complexity index is 1130. The number of carboxylic acids is 1. The smallest absolute Gasteiger partial charge is 0.418 e. The molecule has 3 heterocycles. The third-order valence-corrected chi connectivity index (χ3v) is 6.74. The number of nitrogens with zero attached hydrogens (tertiary/aromatic N) is 3. The highest BCUT2D eigenvalue weighted by atomic mass is 19.4. The summed E-state index contributed by atoms with van der Waals surface area (Å²) >= 11 is 0. The van der Waals surface area contributed by atoms with E-state index < -0.39 is 48.1 Å². The van der Waals surface area contributed by atoms with Crippen LogP contribution in [0.15, 0.2) is 30.5 Å². The van der Waals surface area contributed by atoms with Crippen LogP contribution in [-0.4, -0.2) is 84.0 Å². The summed E-state index contributed by atoms with van der Waals surface area (Å²) in [5, 5.41) is 15.1. The lowest BCUT2D eigenvalue weighted by Gasteiger charge is -2.27. The molecule has 0 saturated carbocycles. The van der Waals surface area contributed by atoms with Gasteiger partial charge < -0.3 is 25.4 Å². The molecule has 0 bridgehead atoms. The van der Waals surface area contributed by atoms with Crippen LogP contribution < -0.4 is 10.6 Å². The van der Waals surface area contributed by atoms with E-state index in [0.29, 0.717) is 19.0 Å². The molecule has 0 saturated heterocycles. The largest absolute Gasteiger partial charge is 0.480 e. The van der Waals surface area contributed by atoms with Crippen molar-refractivity contribution in [2.24, 2.45) is 0 Å². The summed E-state index contributed by atoms with van der Waals surface area (Å²) in [5.74, 6) is -1.72. The minimum Gasteiger partial charge on any atom is -0.480 e. The number of hydrogen-bond donors (Lipinski definition) is 3. The SMILES string of the molecule is COC(CF)CN(CCCCc1ccc2c(n1)NCCC2)CCC(NC(=O)c1ncccc1C(F)(F)F)C(=O)O. The van der Waals surface area contributed by atoms with Gasteiger partial charge in [-0.15, -0.1) is 0 Å². The van der Waals surface area contributed by atoms with Crippen molar-refractivity contribution in [3.8, 4) is 0 Å². The van der Waals surface area contributed by atoms with Gasteiger partial charge in [0.1, 0.15) is 24.2 Å². The number of rotatable bonds is 15. The van der Waals surface area contributed by atoms with Gasteiger partial charge in [-0.1, -0.05) is 6.07 Å². The molecule has 13 heteroatoms. The van der Waals surface area contributed by atoms with Crippen molar-refractivity contribution < 1.29 is 37.0 Å². The Hall–Kier alpha value is -3.32. The van der Waals surface area contributed by atoms with Gasteiger partial charge in [0.15, 0.2) is 0 Å².